The number of aryl methyl sites for hydroxylation is 2. The summed E-state index contributed by atoms with van der Waals surface area (Å²) in [5.41, 5.74) is 2.85. The topological polar surface area (TPSA) is 12.0 Å². The Bertz CT molecular complexity index is 341. The normalized spacial score (nSPS) is 17.8. The molecule has 1 aromatic carbocycles. The van der Waals surface area contributed by atoms with Gasteiger partial charge >= 0.3 is 0 Å². The second-order valence-corrected chi connectivity index (χ2v) is 5.63. The second kappa shape index (κ2) is 6.20. The molecule has 0 heterocycles. The molecule has 94 valence electrons. The summed E-state index contributed by atoms with van der Waals surface area (Å²) in [5, 5.41) is 3.67. The Morgan fingerprint density at radius 1 is 1.35 bits per heavy atom. The van der Waals surface area contributed by atoms with E-state index in [4.69, 9.17) is 0 Å². The summed E-state index contributed by atoms with van der Waals surface area (Å²) in [6.07, 6.45) is 6.77. The van der Waals surface area contributed by atoms with Crippen molar-refractivity contribution in [2.75, 3.05) is 6.54 Å². The molecule has 1 atom stereocenters. The van der Waals surface area contributed by atoms with E-state index in [0.29, 0.717) is 6.04 Å². The van der Waals surface area contributed by atoms with Crippen molar-refractivity contribution in [3.8, 4) is 0 Å². The molecule has 1 heteroatoms. The van der Waals surface area contributed by atoms with E-state index in [-0.39, 0.29) is 0 Å². The number of hydrogen-bond donors (Lipinski definition) is 1. The molecule has 1 N–H and O–H groups in total. The van der Waals surface area contributed by atoms with Gasteiger partial charge < -0.3 is 5.32 Å². The van der Waals surface area contributed by atoms with E-state index in [1.807, 2.05) is 0 Å². The Morgan fingerprint density at radius 3 is 2.82 bits per heavy atom. The number of nitrogens with one attached hydrogen (secondary N) is 1. The van der Waals surface area contributed by atoms with Crippen molar-refractivity contribution in [3.05, 3.63) is 35.4 Å². The van der Waals surface area contributed by atoms with Crippen LogP contribution in [0.25, 0.3) is 0 Å². The van der Waals surface area contributed by atoms with Crippen LogP contribution in [0.15, 0.2) is 24.3 Å². The fraction of sp³-hybridized carbons (Fsp3) is 0.625. The smallest absolute Gasteiger partial charge is 0.00420 e. The zero-order chi connectivity index (χ0) is 12.1. The minimum Gasteiger partial charge on any atom is -0.314 e. The molecule has 0 aromatic heterocycles. The van der Waals surface area contributed by atoms with Crippen LogP contribution in [0, 0.1) is 12.8 Å². The predicted molar refractivity (Wildman–Crippen MR) is 74.3 cm³/mol. The molecule has 17 heavy (non-hydrogen) atoms. The van der Waals surface area contributed by atoms with Crippen molar-refractivity contribution in [3.63, 3.8) is 0 Å². The monoisotopic (exact) mass is 231 g/mol. The molecule has 2 rings (SSSR count). The van der Waals surface area contributed by atoms with Crippen molar-refractivity contribution in [1.82, 2.24) is 5.32 Å². The summed E-state index contributed by atoms with van der Waals surface area (Å²) in [6.45, 7) is 5.71. The molecule has 1 aliphatic carbocycles. The molecule has 0 radical (unpaired) electrons. The van der Waals surface area contributed by atoms with Crippen molar-refractivity contribution in [2.24, 2.45) is 5.92 Å². The summed E-state index contributed by atoms with van der Waals surface area (Å²) in [7, 11) is 0. The zero-order valence-corrected chi connectivity index (χ0v) is 11.2. The molecule has 1 saturated carbocycles. The van der Waals surface area contributed by atoms with Gasteiger partial charge in [0, 0.05) is 6.04 Å². The lowest BCUT2D eigenvalue weighted by Crippen LogP contribution is -2.34. The van der Waals surface area contributed by atoms with E-state index in [9.17, 15) is 0 Å². The first-order chi connectivity index (χ1) is 8.24. The quantitative estimate of drug-likeness (QED) is 0.787. The predicted octanol–water partition coefficient (Wildman–Crippen LogP) is 3.71. The first-order valence-electron chi connectivity index (χ1n) is 7.03. The Kier molecular flexibility index (Phi) is 4.61. The van der Waals surface area contributed by atoms with Crippen molar-refractivity contribution in [1.29, 1.82) is 0 Å². The van der Waals surface area contributed by atoms with Crippen molar-refractivity contribution < 1.29 is 0 Å². The minimum atomic E-state index is 0.649. The molecular weight excluding hydrogens is 206 g/mol. The maximum atomic E-state index is 3.67. The van der Waals surface area contributed by atoms with Gasteiger partial charge in [-0.15, -0.1) is 0 Å². The van der Waals surface area contributed by atoms with E-state index in [1.165, 1.54) is 49.8 Å². The average molecular weight is 231 g/mol. The highest BCUT2D eigenvalue weighted by molar-refractivity contribution is 5.22. The van der Waals surface area contributed by atoms with Crippen LogP contribution in [0.1, 0.15) is 43.7 Å². The molecule has 1 aliphatic rings. The minimum absolute atomic E-state index is 0.649. The fourth-order valence-electron chi connectivity index (χ4n) is 2.42. The van der Waals surface area contributed by atoms with Crippen LogP contribution < -0.4 is 5.32 Å². The lowest BCUT2D eigenvalue weighted by molar-refractivity contribution is 0.289. The Morgan fingerprint density at radius 2 is 2.18 bits per heavy atom. The van der Waals surface area contributed by atoms with E-state index in [0.717, 1.165) is 5.92 Å². The highest BCUT2D eigenvalue weighted by atomic mass is 14.9. The van der Waals surface area contributed by atoms with Gasteiger partial charge in [-0.2, -0.15) is 0 Å². The van der Waals surface area contributed by atoms with E-state index < -0.39 is 0 Å². The number of benzene rings is 1. The molecule has 1 nitrogen and oxygen atoms in total. The third kappa shape index (κ3) is 4.16. The van der Waals surface area contributed by atoms with Gasteiger partial charge in [0.25, 0.3) is 0 Å². The van der Waals surface area contributed by atoms with Crippen LogP contribution in [-0.4, -0.2) is 12.6 Å². The van der Waals surface area contributed by atoms with Gasteiger partial charge in [-0.1, -0.05) is 36.2 Å². The highest BCUT2D eigenvalue weighted by Crippen LogP contribution is 2.25. The average Bonchev–Trinajstić information content (AvgIpc) is 2.24. The SMILES string of the molecule is Cc1cccc(CCC(C)NCC2CCC2)c1. The molecule has 0 spiro atoms. The molecule has 1 unspecified atom stereocenters. The van der Waals surface area contributed by atoms with Crippen molar-refractivity contribution >= 4 is 0 Å². The van der Waals surface area contributed by atoms with E-state index in [2.05, 4.69) is 43.4 Å². The lowest BCUT2D eigenvalue weighted by Gasteiger charge is -2.27. The van der Waals surface area contributed by atoms with Gasteiger partial charge in [0.15, 0.2) is 0 Å². The Balaban J connectivity index is 1.66. The van der Waals surface area contributed by atoms with E-state index in [1.54, 1.807) is 0 Å². The van der Waals surface area contributed by atoms with Gasteiger partial charge in [-0.05, 0) is 57.6 Å². The molecule has 0 saturated heterocycles. The molecule has 0 aliphatic heterocycles. The standard InChI is InChI=1S/C16H25N/c1-13-5-3-6-15(11-13)10-9-14(2)17-12-16-7-4-8-16/h3,5-6,11,14,16-17H,4,7-10,12H2,1-2H3. The maximum absolute atomic E-state index is 3.67. The molecule has 0 bridgehead atoms. The number of rotatable bonds is 6. The Labute approximate surface area is 106 Å². The van der Waals surface area contributed by atoms with Crippen LogP contribution in [0.5, 0.6) is 0 Å². The van der Waals surface area contributed by atoms with Gasteiger partial charge in [0.05, 0.1) is 0 Å². The Hall–Kier alpha value is -0.820. The van der Waals surface area contributed by atoms with E-state index >= 15 is 0 Å². The molecule has 0 amide bonds. The third-order valence-corrected chi connectivity index (χ3v) is 3.93. The summed E-state index contributed by atoms with van der Waals surface area (Å²) in [6, 6.07) is 9.53. The zero-order valence-electron chi connectivity index (χ0n) is 11.2. The second-order valence-electron chi connectivity index (χ2n) is 5.63. The third-order valence-electron chi connectivity index (χ3n) is 3.93. The molecule has 1 fully saturated rings. The fourth-order valence-corrected chi connectivity index (χ4v) is 2.42. The van der Waals surface area contributed by atoms with Crippen LogP contribution in [0.4, 0.5) is 0 Å². The van der Waals surface area contributed by atoms with Crippen LogP contribution >= 0.6 is 0 Å². The summed E-state index contributed by atoms with van der Waals surface area (Å²) in [4.78, 5) is 0. The van der Waals surface area contributed by atoms with Gasteiger partial charge in [0.2, 0.25) is 0 Å². The van der Waals surface area contributed by atoms with Gasteiger partial charge in [-0.25, -0.2) is 0 Å². The summed E-state index contributed by atoms with van der Waals surface area (Å²) >= 11 is 0. The summed E-state index contributed by atoms with van der Waals surface area (Å²) in [5.74, 6) is 0.969. The summed E-state index contributed by atoms with van der Waals surface area (Å²) < 4.78 is 0. The van der Waals surface area contributed by atoms with Crippen molar-refractivity contribution in [2.45, 2.75) is 52.0 Å². The number of hydrogen-bond acceptors (Lipinski definition) is 1. The van der Waals surface area contributed by atoms with Crippen LogP contribution in [0.2, 0.25) is 0 Å². The molecule has 1 aromatic rings. The highest BCUT2D eigenvalue weighted by Gasteiger charge is 2.17. The van der Waals surface area contributed by atoms with Crippen LogP contribution in [0.3, 0.4) is 0 Å². The first kappa shape index (κ1) is 12.6. The first-order valence-corrected chi connectivity index (χ1v) is 7.03. The lowest BCUT2D eigenvalue weighted by atomic mass is 9.85. The maximum Gasteiger partial charge on any atom is 0.00420 e. The van der Waals surface area contributed by atoms with Gasteiger partial charge in [0.1, 0.15) is 0 Å². The molecular formula is C16H25N. The van der Waals surface area contributed by atoms with Gasteiger partial charge in [-0.3, -0.25) is 0 Å². The van der Waals surface area contributed by atoms with Crippen LogP contribution in [-0.2, 0) is 6.42 Å². The largest absolute Gasteiger partial charge is 0.314 e.